The molecule has 2 rings (SSSR count). The Kier molecular flexibility index (Phi) is 3.13. The Balaban J connectivity index is 2.37. The number of hydrogen-bond donors (Lipinski definition) is 1. The average Bonchev–Trinajstić information content (AvgIpc) is 2.82. The van der Waals surface area contributed by atoms with Crippen molar-refractivity contribution in [2.24, 2.45) is 0 Å². The molecular weight excluding hydrogens is 220 g/mol. The SMILES string of the molecule is CC(C)Oc1ccc(-c2nnn[nH]2)cc1C=O. The number of nitrogens with zero attached hydrogens (tertiary/aromatic N) is 3. The zero-order valence-corrected chi connectivity index (χ0v) is 9.54. The van der Waals surface area contributed by atoms with Crippen LogP contribution >= 0.6 is 0 Å². The highest BCUT2D eigenvalue weighted by atomic mass is 16.5. The van der Waals surface area contributed by atoms with E-state index >= 15 is 0 Å². The molecule has 0 fully saturated rings. The van der Waals surface area contributed by atoms with Crippen molar-refractivity contribution in [1.29, 1.82) is 0 Å². The van der Waals surface area contributed by atoms with E-state index in [1.54, 1.807) is 18.2 Å². The second-order valence-electron chi connectivity index (χ2n) is 3.79. The van der Waals surface area contributed by atoms with Gasteiger partial charge >= 0.3 is 0 Å². The minimum absolute atomic E-state index is 0.0199. The number of nitrogens with one attached hydrogen (secondary N) is 1. The summed E-state index contributed by atoms with van der Waals surface area (Å²) in [5.41, 5.74) is 1.22. The Morgan fingerprint density at radius 1 is 1.41 bits per heavy atom. The largest absolute Gasteiger partial charge is 0.490 e. The summed E-state index contributed by atoms with van der Waals surface area (Å²) in [6, 6.07) is 5.22. The van der Waals surface area contributed by atoms with E-state index in [9.17, 15) is 4.79 Å². The van der Waals surface area contributed by atoms with E-state index in [0.29, 0.717) is 17.1 Å². The lowest BCUT2D eigenvalue weighted by Crippen LogP contribution is -2.07. The number of benzene rings is 1. The fraction of sp³-hybridized carbons (Fsp3) is 0.273. The zero-order valence-electron chi connectivity index (χ0n) is 9.54. The van der Waals surface area contributed by atoms with Crippen LogP contribution in [0.2, 0.25) is 0 Å². The average molecular weight is 232 g/mol. The Morgan fingerprint density at radius 3 is 2.82 bits per heavy atom. The molecule has 0 aliphatic carbocycles. The van der Waals surface area contributed by atoms with Crippen LogP contribution in [-0.4, -0.2) is 33.0 Å². The second kappa shape index (κ2) is 4.73. The molecular formula is C11H12N4O2. The third kappa shape index (κ3) is 2.47. The summed E-state index contributed by atoms with van der Waals surface area (Å²) in [6.07, 6.45) is 0.775. The van der Waals surface area contributed by atoms with Gasteiger partial charge in [-0.2, -0.15) is 0 Å². The van der Waals surface area contributed by atoms with Gasteiger partial charge in [0.05, 0.1) is 11.7 Å². The topological polar surface area (TPSA) is 80.8 Å². The van der Waals surface area contributed by atoms with Gasteiger partial charge in [0.2, 0.25) is 0 Å². The molecule has 1 aromatic heterocycles. The van der Waals surface area contributed by atoms with Crippen molar-refractivity contribution < 1.29 is 9.53 Å². The van der Waals surface area contributed by atoms with E-state index in [1.165, 1.54) is 0 Å². The molecule has 0 spiro atoms. The molecule has 0 unspecified atom stereocenters. The molecule has 1 heterocycles. The Morgan fingerprint density at radius 2 is 2.24 bits per heavy atom. The van der Waals surface area contributed by atoms with Crippen molar-refractivity contribution in [1.82, 2.24) is 20.6 Å². The van der Waals surface area contributed by atoms with Crippen LogP contribution in [0.25, 0.3) is 11.4 Å². The van der Waals surface area contributed by atoms with E-state index in [-0.39, 0.29) is 6.10 Å². The number of carbonyl (C=O) groups excluding carboxylic acids is 1. The summed E-state index contributed by atoms with van der Waals surface area (Å²) in [5, 5.41) is 13.4. The van der Waals surface area contributed by atoms with Crippen molar-refractivity contribution in [2.75, 3.05) is 0 Å². The predicted octanol–water partition coefficient (Wildman–Crippen LogP) is 1.47. The highest BCUT2D eigenvalue weighted by Gasteiger charge is 2.09. The molecule has 1 aromatic carbocycles. The number of carbonyl (C=O) groups is 1. The van der Waals surface area contributed by atoms with E-state index in [0.717, 1.165) is 11.8 Å². The van der Waals surface area contributed by atoms with Gasteiger partial charge < -0.3 is 4.74 Å². The zero-order chi connectivity index (χ0) is 12.3. The molecule has 0 saturated heterocycles. The summed E-state index contributed by atoms with van der Waals surface area (Å²) in [5.74, 6) is 1.08. The lowest BCUT2D eigenvalue weighted by atomic mass is 10.1. The summed E-state index contributed by atoms with van der Waals surface area (Å²) in [6.45, 7) is 3.81. The van der Waals surface area contributed by atoms with Gasteiger partial charge in [-0.25, -0.2) is 5.10 Å². The monoisotopic (exact) mass is 232 g/mol. The molecule has 2 aromatic rings. The Hall–Kier alpha value is -2.24. The number of hydrogen-bond acceptors (Lipinski definition) is 5. The Labute approximate surface area is 98.0 Å². The van der Waals surface area contributed by atoms with Gasteiger partial charge in [-0.1, -0.05) is 0 Å². The van der Waals surface area contributed by atoms with E-state index < -0.39 is 0 Å². The van der Waals surface area contributed by atoms with Crippen LogP contribution in [0.4, 0.5) is 0 Å². The molecule has 0 radical (unpaired) electrons. The van der Waals surface area contributed by atoms with Gasteiger partial charge in [-0.05, 0) is 42.5 Å². The number of aldehydes is 1. The molecule has 6 heteroatoms. The minimum atomic E-state index is 0.0199. The van der Waals surface area contributed by atoms with Gasteiger partial charge in [0, 0.05) is 5.56 Å². The molecule has 0 atom stereocenters. The van der Waals surface area contributed by atoms with E-state index in [2.05, 4.69) is 20.6 Å². The highest BCUT2D eigenvalue weighted by molar-refractivity contribution is 5.82. The second-order valence-corrected chi connectivity index (χ2v) is 3.79. The summed E-state index contributed by atoms with van der Waals surface area (Å²) in [7, 11) is 0. The molecule has 88 valence electrons. The molecule has 0 amide bonds. The molecule has 0 aliphatic heterocycles. The van der Waals surface area contributed by atoms with Crippen molar-refractivity contribution in [3.05, 3.63) is 23.8 Å². The molecule has 6 nitrogen and oxygen atoms in total. The molecule has 1 N–H and O–H groups in total. The standard InChI is InChI=1S/C11H12N4O2/c1-7(2)17-10-4-3-8(5-9(10)6-16)11-12-14-15-13-11/h3-7H,1-2H3,(H,12,13,14,15). The first kappa shape index (κ1) is 11.3. The van der Waals surface area contributed by atoms with E-state index in [4.69, 9.17) is 4.74 Å². The molecule has 0 bridgehead atoms. The van der Waals surface area contributed by atoms with Crippen molar-refractivity contribution in [3.63, 3.8) is 0 Å². The summed E-state index contributed by atoms with van der Waals surface area (Å²) >= 11 is 0. The number of rotatable bonds is 4. The van der Waals surface area contributed by atoms with Crippen molar-refractivity contribution >= 4 is 6.29 Å². The first-order valence-electron chi connectivity index (χ1n) is 5.20. The van der Waals surface area contributed by atoms with Gasteiger partial charge in [0.25, 0.3) is 0 Å². The molecule has 17 heavy (non-hydrogen) atoms. The maximum absolute atomic E-state index is 11.0. The van der Waals surface area contributed by atoms with Gasteiger partial charge in [-0.3, -0.25) is 4.79 Å². The lowest BCUT2D eigenvalue weighted by molar-refractivity contribution is 0.111. The fourth-order valence-electron chi connectivity index (χ4n) is 1.43. The van der Waals surface area contributed by atoms with Crippen LogP contribution in [0.5, 0.6) is 5.75 Å². The fourth-order valence-corrected chi connectivity index (χ4v) is 1.43. The molecule has 0 saturated carbocycles. The quantitative estimate of drug-likeness (QED) is 0.807. The lowest BCUT2D eigenvalue weighted by Gasteiger charge is -2.11. The van der Waals surface area contributed by atoms with Crippen molar-refractivity contribution in [3.8, 4) is 17.1 Å². The van der Waals surface area contributed by atoms with Gasteiger partial charge in [0.1, 0.15) is 5.75 Å². The van der Waals surface area contributed by atoms with Crippen molar-refractivity contribution in [2.45, 2.75) is 20.0 Å². The number of H-pyrrole nitrogens is 1. The van der Waals surface area contributed by atoms with Gasteiger partial charge in [-0.15, -0.1) is 5.10 Å². The number of ether oxygens (including phenoxy) is 1. The summed E-state index contributed by atoms with van der Waals surface area (Å²) < 4.78 is 5.52. The first-order chi connectivity index (χ1) is 8.20. The van der Waals surface area contributed by atoms with Crippen LogP contribution in [-0.2, 0) is 0 Å². The number of tetrazole rings is 1. The van der Waals surface area contributed by atoms with Gasteiger partial charge in [0.15, 0.2) is 12.1 Å². The highest BCUT2D eigenvalue weighted by Crippen LogP contribution is 2.23. The maximum atomic E-state index is 11.0. The van der Waals surface area contributed by atoms with Crippen LogP contribution in [0.15, 0.2) is 18.2 Å². The predicted molar refractivity (Wildman–Crippen MR) is 60.8 cm³/mol. The number of aromatic amines is 1. The third-order valence-electron chi connectivity index (χ3n) is 2.12. The normalized spacial score (nSPS) is 10.5. The number of aromatic nitrogens is 4. The van der Waals surface area contributed by atoms with Crippen LogP contribution in [0, 0.1) is 0 Å². The van der Waals surface area contributed by atoms with Crippen LogP contribution in [0.1, 0.15) is 24.2 Å². The Bertz CT molecular complexity index is 508. The smallest absolute Gasteiger partial charge is 0.179 e. The first-order valence-corrected chi connectivity index (χ1v) is 5.20. The molecule has 0 aliphatic rings. The summed E-state index contributed by atoms with van der Waals surface area (Å²) in [4.78, 5) is 11.0. The van der Waals surface area contributed by atoms with Crippen LogP contribution < -0.4 is 4.74 Å². The minimum Gasteiger partial charge on any atom is -0.490 e. The van der Waals surface area contributed by atoms with E-state index in [1.807, 2.05) is 13.8 Å². The third-order valence-corrected chi connectivity index (χ3v) is 2.12. The van der Waals surface area contributed by atoms with Crippen LogP contribution in [0.3, 0.4) is 0 Å². The maximum Gasteiger partial charge on any atom is 0.179 e.